The summed E-state index contributed by atoms with van der Waals surface area (Å²) in [6.45, 7) is 2.66. The van der Waals surface area contributed by atoms with Gasteiger partial charge < -0.3 is 21.6 Å². The van der Waals surface area contributed by atoms with Crippen molar-refractivity contribution in [2.45, 2.75) is 39.0 Å². The van der Waals surface area contributed by atoms with E-state index in [-0.39, 0.29) is 30.6 Å². The molecule has 2 amide bonds. The fourth-order valence-corrected chi connectivity index (χ4v) is 2.42. The molecule has 0 spiro atoms. The van der Waals surface area contributed by atoms with Crippen LogP contribution >= 0.6 is 0 Å². The molecule has 0 bridgehead atoms. The van der Waals surface area contributed by atoms with E-state index in [0.29, 0.717) is 19.4 Å². The van der Waals surface area contributed by atoms with Gasteiger partial charge in [0, 0.05) is 19.5 Å². The highest BCUT2D eigenvalue weighted by Gasteiger charge is 2.45. The zero-order valence-electron chi connectivity index (χ0n) is 11.2. The van der Waals surface area contributed by atoms with Crippen LogP contribution in [-0.2, 0) is 9.59 Å². The number of amidine groups is 1. The van der Waals surface area contributed by atoms with Crippen molar-refractivity contribution in [3.63, 3.8) is 0 Å². The molecule has 1 fully saturated rings. The second-order valence-electron chi connectivity index (χ2n) is 4.73. The fourth-order valence-electron chi connectivity index (χ4n) is 2.42. The Labute approximate surface area is 112 Å². The van der Waals surface area contributed by atoms with Gasteiger partial charge in [-0.05, 0) is 19.8 Å². The molecule has 0 aromatic rings. The number of hydrogen-bond donors (Lipinski definition) is 4. The summed E-state index contributed by atoms with van der Waals surface area (Å²) in [6.07, 6.45) is 3.14. The van der Waals surface area contributed by atoms with Crippen molar-refractivity contribution in [3.8, 4) is 0 Å². The first-order chi connectivity index (χ1) is 9.06. The lowest BCUT2D eigenvalue weighted by Gasteiger charge is -2.25. The third-order valence-electron chi connectivity index (χ3n) is 3.50. The first-order valence-corrected chi connectivity index (χ1v) is 6.60. The Balaban J connectivity index is 2.53. The van der Waals surface area contributed by atoms with E-state index in [4.69, 9.17) is 10.9 Å². The van der Waals surface area contributed by atoms with E-state index in [1.807, 2.05) is 6.92 Å². The van der Waals surface area contributed by atoms with Crippen LogP contribution in [0.15, 0.2) is 5.16 Å². The fraction of sp³-hybridized carbons (Fsp3) is 0.750. The SMILES string of the molecule is CCNC(=O)CCNC(=O)C1(C(N)=NO)CCCC1. The van der Waals surface area contributed by atoms with E-state index in [1.165, 1.54) is 0 Å². The first-order valence-electron chi connectivity index (χ1n) is 6.60. The second kappa shape index (κ2) is 6.96. The average Bonchev–Trinajstić information content (AvgIpc) is 2.88. The molecule has 1 saturated carbocycles. The highest BCUT2D eigenvalue weighted by atomic mass is 16.4. The van der Waals surface area contributed by atoms with Crippen LogP contribution in [0.1, 0.15) is 39.0 Å². The van der Waals surface area contributed by atoms with Gasteiger partial charge in [-0.1, -0.05) is 18.0 Å². The van der Waals surface area contributed by atoms with Gasteiger partial charge in [0.1, 0.15) is 5.41 Å². The number of carbonyl (C=O) groups is 2. The van der Waals surface area contributed by atoms with Crippen molar-refractivity contribution in [1.29, 1.82) is 0 Å². The molecule has 19 heavy (non-hydrogen) atoms. The maximum absolute atomic E-state index is 12.2. The molecule has 0 aromatic carbocycles. The van der Waals surface area contributed by atoms with Crippen LogP contribution in [0, 0.1) is 5.41 Å². The molecule has 108 valence electrons. The molecule has 0 radical (unpaired) electrons. The van der Waals surface area contributed by atoms with Gasteiger partial charge in [-0.2, -0.15) is 0 Å². The van der Waals surface area contributed by atoms with Gasteiger partial charge in [-0.25, -0.2) is 0 Å². The molecule has 0 atom stereocenters. The van der Waals surface area contributed by atoms with Crippen LogP contribution in [0.4, 0.5) is 0 Å². The molecular formula is C12H22N4O3. The minimum Gasteiger partial charge on any atom is -0.409 e. The molecule has 7 heteroatoms. The van der Waals surface area contributed by atoms with E-state index in [9.17, 15) is 9.59 Å². The van der Waals surface area contributed by atoms with Crippen LogP contribution in [-0.4, -0.2) is 35.9 Å². The summed E-state index contributed by atoms with van der Waals surface area (Å²) in [7, 11) is 0. The summed E-state index contributed by atoms with van der Waals surface area (Å²) < 4.78 is 0. The van der Waals surface area contributed by atoms with Crippen LogP contribution < -0.4 is 16.4 Å². The predicted molar refractivity (Wildman–Crippen MR) is 70.6 cm³/mol. The van der Waals surface area contributed by atoms with Crippen LogP contribution in [0.5, 0.6) is 0 Å². The van der Waals surface area contributed by atoms with E-state index in [1.54, 1.807) is 0 Å². The van der Waals surface area contributed by atoms with E-state index < -0.39 is 5.41 Å². The van der Waals surface area contributed by atoms with Gasteiger partial charge in [-0.15, -0.1) is 0 Å². The van der Waals surface area contributed by atoms with Crippen LogP contribution in [0.2, 0.25) is 0 Å². The van der Waals surface area contributed by atoms with Gasteiger partial charge in [0.05, 0.1) is 0 Å². The highest BCUT2D eigenvalue weighted by Crippen LogP contribution is 2.38. The quantitative estimate of drug-likeness (QED) is 0.234. The van der Waals surface area contributed by atoms with Crippen molar-refractivity contribution in [3.05, 3.63) is 0 Å². The normalized spacial score (nSPS) is 18.1. The molecule has 7 nitrogen and oxygen atoms in total. The molecular weight excluding hydrogens is 248 g/mol. The summed E-state index contributed by atoms with van der Waals surface area (Å²) in [5.74, 6) is -0.405. The lowest BCUT2D eigenvalue weighted by Crippen LogP contribution is -2.48. The van der Waals surface area contributed by atoms with Gasteiger partial charge in [0.15, 0.2) is 5.84 Å². The summed E-state index contributed by atoms with van der Waals surface area (Å²) in [5.41, 5.74) is 4.75. The van der Waals surface area contributed by atoms with Crippen molar-refractivity contribution >= 4 is 17.6 Å². The van der Waals surface area contributed by atoms with Crippen molar-refractivity contribution in [1.82, 2.24) is 10.6 Å². The van der Waals surface area contributed by atoms with E-state index in [0.717, 1.165) is 12.8 Å². The monoisotopic (exact) mass is 270 g/mol. The molecule has 0 saturated heterocycles. The maximum Gasteiger partial charge on any atom is 0.233 e. The Hall–Kier alpha value is -1.79. The second-order valence-corrected chi connectivity index (χ2v) is 4.73. The zero-order chi connectivity index (χ0) is 14.3. The first kappa shape index (κ1) is 15.3. The summed E-state index contributed by atoms with van der Waals surface area (Å²) in [6, 6.07) is 0. The lowest BCUT2D eigenvalue weighted by atomic mass is 9.84. The zero-order valence-corrected chi connectivity index (χ0v) is 11.2. The standard InChI is InChI=1S/C12H22N4O3/c1-2-14-9(17)5-8-15-11(18)12(10(13)16-19)6-3-4-7-12/h19H,2-8H2,1H3,(H2,13,16)(H,14,17)(H,15,18). The minimum atomic E-state index is -0.907. The number of nitrogens with one attached hydrogen (secondary N) is 2. The van der Waals surface area contributed by atoms with E-state index >= 15 is 0 Å². The lowest BCUT2D eigenvalue weighted by molar-refractivity contribution is -0.127. The summed E-state index contributed by atoms with van der Waals surface area (Å²) >= 11 is 0. The average molecular weight is 270 g/mol. The van der Waals surface area contributed by atoms with Gasteiger partial charge in [-0.3, -0.25) is 9.59 Å². The molecule has 5 N–H and O–H groups in total. The van der Waals surface area contributed by atoms with Gasteiger partial charge >= 0.3 is 0 Å². The Morgan fingerprint density at radius 3 is 2.47 bits per heavy atom. The highest BCUT2D eigenvalue weighted by molar-refractivity contribution is 6.07. The number of nitrogens with two attached hydrogens (primary N) is 1. The van der Waals surface area contributed by atoms with Crippen molar-refractivity contribution in [2.24, 2.45) is 16.3 Å². The summed E-state index contributed by atoms with van der Waals surface area (Å²) in [4.78, 5) is 23.5. The maximum atomic E-state index is 12.2. The molecule has 0 aromatic heterocycles. The van der Waals surface area contributed by atoms with Crippen LogP contribution in [0.25, 0.3) is 0 Å². The molecule has 0 unspecified atom stereocenters. The summed E-state index contributed by atoms with van der Waals surface area (Å²) in [5, 5.41) is 17.2. The number of carbonyl (C=O) groups excluding carboxylic acids is 2. The molecule has 1 rings (SSSR count). The van der Waals surface area contributed by atoms with Gasteiger partial charge in [0.25, 0.3) is 0 Å². The minimum absolute atomic E-state index is 0.0412. The molecule has 0 heterocycles. The third-order valence-corrected chi connectivity index (χ3v) is 3.50. The Bertz CT molecular complexity index is 362. The van der Waals surface area contributed by atoms with Crippen LogP contribution in [0.3, 0.4) is 0 Å². The Kier molecular flexibility index (Phi) is 5.59. The Morgan fingerprint density at radius 1 is 1.32 bits per heavy atom. The number of oxime groups is 1. The topological polar surface area (TPSA) is 117 Å². The number of hydrogen-bond acceptors (Lipinski definition) is 4. The van der Waals surface area contributed by atoms with Crippen molar-refractivity contribution < 1.29 is 14.8 Å². The van der Waals surface area contributed by atoms with Crippen molar-refractivity contribution in [2.75, 3.05) is 13.1 Å². The van der Waals surface area contributed by atoms with Gasteiger partial charge in [0.2, 0.25) is 11.8 Å². The number of nitrogens with zero attached hydrogens (tertiary/aromatic N) is 1. The van der Waals surface area contributed by atoms with E-state index in [2.05, 4.69) is 15.8 Å². The number of rotatable bonds is 6. The molecule has 0 aliphatic heterocycles. The molecule has 1 aliphatic rings. The smallest absolute Gasteiger partial charge is 0.233 e. The Morgan fingerprint density at radius 2 is 1.95 bits per heavy atom. The largest absolute Gasteiger partial charge is 0.409 e. The number of amides is 2. The predicted octanol–water partition coefficient (Wildman–Crippen LogP) is -0.0644. The molecule has 1 aliphatic carbocycles. The third kappa shape index (κ3) is 3.59.